The largest absolute Gasteiger partial charge is 0.478 e. The van der Waals surface area contributed by atoms with Gasteiger partial charge in [0.25, 0.3) is 0 Å². The van der Waals surface area contributed by atoms with E-state index >= 15 is 0 Å². The first-order valence-electron chi connectivity index (χ1n) is 7.97. The zero-order chi connectivity index (χ0) is 17.9. The molecule has 1 amide bonds. The fourth-order valence-corrected chi connectivity index (χ4v) is 2.37. The first-order valence-corrected chi connectivity index (χ1v) is 7.97. The van der Waals surface area contributed by atoms with Crippen LogP contribution in [0.25, 0.3) is 0 Å². The molecular formula is C18H23N3O3. The van der Waals surface area contributed by atoms with Gasteiger partial charge in [-0.05, 0) is 30.9 Å². The molecule has 1 aromatic carbocycles. The third-order valence-electron chi connectivity index (χ3n) is 4.09. The predicted octanol–water partition coefficient (Wildman–Crippen LogP) is 3.14. The van der Waals surface area contributed by atoms with Crippen molar-refractivity contribution in [2.24, 2.45) is 0 Å². The number of aromatic carboxylic acids is 1. The molecule has 0 spiro atoms. The van der Waals surface area contributed by atoms with Crippen LogP contribution in [0.4, 0.5) is 0 Å². The van der Waals surface area contributed by atoms with Crippen molar-refractivity contribution in [3.05, 3.63) is 53.3 Å². The number of hydrogen-bond acceptors (Lipinski definition) is 3. The van der Waals surface area contributed by atoms with Crippen LogP contribution in [0.5, 0.6) is 0 Å². The van der Waals surface area contributed by atoms with E-state index in [4.69, 9.17) is 5.11 Å². The number of benzene rings is 1. The molecule has 0 fully saturated rings. The summed E-state index contributed by atoms with van der Waals surface area (Å²) in [5.74, 6) is -0.810. The molecule has 0 bridgehead atoms. The molecule has 24 heavy (non-hydrogen) atoms. The van der Waals surface area contributed by atoms with Gasteiger partial charge >= 0.3 is 5.97 Å². The first kappa shape index (κ1) is 17.7. The Kier molecular flexibility index (Phi) is 5.39. The predicted molar refractivity (Wildman–Crippen MR) is 91.0 cm³/mol. The Morgan fingerprint density at radius 2 is 1.67 bits per heavy atom. The Labute approximate surface area is 141 Å². The minimum absolute atomic E-state index is 0.0620. The van der Waals surface area contributed by atoms with E-state index < -0.39 is 12.0 Å². The van der Waals surface area contributed by atoms with Crippen LogP contribution in [0.15, 0.2) is 36.7 Å². The average Bonchev–Trinajstić information content (AvgIpc) is 3.04. The van der Waals surface area contributed by atoms with Crippen LogP contribution in [0.1, 0.15) is 67.2 Å². The van der Waals surface area contributed by atoms with Gasteiger partial charge in [0.2, 0.25) is 5.91 Å². The van der Waals surface area contributed by atoms with E-state index in [9.17, 15) is 9.59 Å². The van der Waals surface area contributed by atoms with Crippen LogP contribution in [-0.4, -0.2) is 26.8 Å². The maximum Gasteiger partial charge on any atom is 0.338 e. The number of amides is 1. The molecule has 1 heterocycles. The number of nitrogens with one attached hydrogen (secondary N) is 1. The number of aromatic nitrogens is 2. The van der Waals surface area contributed by atoms with Crippen LogP contribution < -0.4 is 5.32 Å². The van der Waals surface area contributed by atoms with E-state index in [0.29, 0.717) is 5.92 Å². The highest BCUT2D eigenvalue weighted by Gasteiger charge is 2.19. The Morgan fingerprint density at radius 3 is 2.17 bits per heavy atom. The zero-order valence-corrected chi connectivity index (χ0v) is 14.4. The van der Waals surface area contributed by atoms with Crippen molar-refractivity contribution in [2.45, 2.75) is 45.7 Å². The van der Waals surface area contributed by atoms with Crippen LogP contribution >= 0.6 is 0 Å². The molecule has 6 heteroatoms. The highest BCUT2D eigenvalue weighted by atomic mass is 16.4. The fraction of sp³-hybridized carbons (Fsp3) is 0.389. The van der Waals surface area contributed by atoms with Crippen LogP contribution in [-0.2, 0) is 4.79 Å². The lowest BCUT2D eigenvalue weighted by atomic mass is 9.99. The van der Waals surface area contributed by atoms with E-state index in [2.05, 4.69) is 36.4 Å². The van der Waals surface area contributed by atoms with Crippen molar-refractivity contribution in [1.82, 2.24) is 15.1 Å². The second-order valence-electron chi connectivity index (χ2n) is 6.24. The average molecular weight is 329 g/mol. The molecule has 0 saturated carbocycles. The number of rotatable bonds is 6. The third-order valence-corrected chi connectivity index (χ3v) is 4.09. The van der Waals surface area contributed by atoms with E-state index in [1.807, 2.05) is 19.1 Å². The van der Waals surface area contributed by atoms with Gasteiger partial charge in [-0.1, -0.05) is 38.1 Å². The van der Waals surface area contributed by atoms with Gasteiger partial charge in [-0.25, -0.2) is 4.79 Å². The van der Waals surface area contributed by atoms with Gasteiger partial charge in [0.1, 0.15) is 6.04 Å². The zero-order valence-electron chi connectivity index (χ0n) is 14.4. The minimum Gasteiger partial charge on any atom is -0.478 e. The van der Waals surface area contributed by atoms with E-state index in [1.165, 1.54) is 22.6 Å². The topological polar surface area (TPSA) is 84.2 Å². The number of nitrogens with zero attached hydrogens (tertiary/aromatic N) is 2. The van der Waals surface area contributed by atoms with Gasteiger partial charge in [-0.3, -0.25) is 9.48 Å². The van der Waals surface area contributed by atoms with Crippen LogP contribution in [0, 0.1) is 0 Å². The summed E-state index contributed by atoms with van der Waals surface area (Å²) in [5, 5.41) is 15.8. The Balaban J connectivity index is 2.03. The molecule has 0 aliphatic heterocycles. The lowest BCUT2D eigenvalue weighted by molar-refractivity contribution is -0.124. The number of carboxylic acids is 1. The van der Waals surface area contributed by atoms with Crippen molar-refractivity contribution in [1.29, 1.82) is 0 Å². The molecule has 0 aliphatic carbocycles. The second-order valence-corrected chi connectivity index (χ2v) is 6.24. The molecule has 2 aromatic rings. The summed E-state index contributed by atoms with van der Waals surface area (Å²) in [7, 11) is 0. The summed E-state index contributed by atoms with van der Waals surface area (Å²) >= 11 is 0. The highest BCUT2D eigenvalue weighted by Crippen LogP contribution is 2.19. The van der Waals surface area contributed by atoms with Gasteiger partial charge < -0.3 is 10.4 Å². The standard InChI is InChI=1S/C18H23N3O3/c1-11(2)14-5-7-15(8-6-14)12(3)20-17(22)13(4)21-10-16(9-19-21)18(23)24/h5-13H,1-4H3,(H,20,22)(H,23,24). The first-order chi connectivity index (χ1) is 11.3. The lowest BCUT2D eigenvalue weighted by Crippen LogP contribution is -2.33. The molecule has 0 aliphatic rings. The number of carbonyl (C=O) groups excluding carboxylic acids is 1. The summed E-state index contributed by atoms with van der Waals surface area (Å²) in [6.45, 7) is 7.87. The summed E-state index contributed by atoms with van der Waals surface area (Å²) in [6.07, 6.45) is 2.59. The van der Waals surface area contributed by atoms with Gasteiger partial charge in [-0.2, -0.15) is 5.10 Å². The van der Waals surface area contributed by atoms with Crippen molar-refractivity contribution >= 4 is 11.9 Å². The van der Waals surface area contributed by atoms with Crippen LogP contribution in [0.3, 0.4) is 0 Å². The Hall–Kier alpha value is -2.63. The van der Waals surface area contributed by atoms with E-state index in [-0.39, 0.29) is 17.5 Å². The molecular weight excluding hydrogens is 306 g/mol. The van der Waals surface area contributed by atoms with Gasteiger partial charge in [-0.15, -0.1) is 0 Å². The molecule has 128 valence electrons. The number of hydrogen-bond donors (Lipinski definition) is 2. The Bertz CT molecular complexity index is 719. The fourth-order valence-electron chi connectivity index (χ4n) is 2.37. The molecule has 0 saturated heterocycles. The minimum atomic E-state index is -1.06. The molecule has 2 atom stereocenters. The van der Waals surface area contributed by atoms with Crippen molar-refractivity contribution in [2.75, 3.05) is 0 Å². The number of carboxylic acid groups (broad SMARTS) is 1. The number of carbonyl (C=O) groups is 2. The van der Waals surface area contributed by atoms with Crippen molar-refractivity contribution < 1.29 is 14.7 Å². The molecule has 2 N–H and O–H groups in total. The second kappa shape index (κ2) is 7.29. The van der Waals surface area contributed by atoms with Crippen molar-refractivity contribution in [3.63, 3.8) is 0 Å². The summed E-state index contributed by atoms with van der Waals surface area (Å²) < 4.78 is 1.35. The maximum atomic E-state index is 12.4. The molecule has 0 radical (unpaired) electrons. The van der Waals surface area contributed by atoms with Gasteiger partial charge in [0.05, 0.1) is 17.8 Å². The quantitative estimate of drug-likeness (QED) is 0.852. The molecule has 1 aromatic heterocycles. The third kappa shape index (κ3) is 4.01. The summed E-state index contributed by atoms with van der Waals surface area (Å²) in [6, 6.07) is 7.44. The normalized spacial score (nSPS) is 13.5. The Morgan fingerprint density at radius 1 is 1.08 bits per heavy atom. The van der Waals surface area contributed by atoms with Gasteiger partial charge in [0.15, 0.2) is 0 Å². The highest BCUT2D eigenvalue weighted by molar-refractivity contribution is 5.87. The summed E-state index contributed by atoms with van der Waals surface area (Å²) in [4.78, 5) is 23.3. The van der Waals surface area contributed by atoms with Crippen molar-refractivity contribution in [3.8, 4) is 0 Å². The van der Waals surface area contributed by atoms with E-state index in [0.717, 1.165) is 5.56 Å². The molecule has 2 rings (SSSR count). The molecule has 2 unspecified atom stereocenters. The van der Waals surface area contributed by atoms with Gasteiger partial charge in [0, 0.05) is 6.20 Å². The maximum absolute atomic E-state index is 12.4. The smallest absolute Gasteiger partial charge is 0.338 e. The SMILES string of the molecule is CC(C)c1ccc(C(C)NC(=O)C(C)n2cc(C(=O)O)cn2)cc1. The van der Waals surface area contributed by atoms with Crippen LogP contribution in [0.2, 0.25) is 0 Å². The lowest BCUT2D eigenvalue weighted by Gasteiger charge is -2.19. The monoisotopic (exact) mass is 329 g/mol. The van der Waals surface area contributed by atoms with E-state index in [1.54, 1.807) is 6.92 Å². The summed E-state index contributed by atoms with van der Waals surface area (Å²) in [5.41, 5.74) is 2.34. The molecule has 6 nitrogen and oxygen atoms in total.